The summed E-state index contributed by atoms with van der Waals surface area (Å²) in [6.45, 7) is 5.35. The van der Waals surface area contributed by atoms with Crippen molar-refractivity contribution in [2.24, 2.45) is 0 Å². The van der Waals surface area contributed by atoms with Gasteiger partial charge in [-0.25, -0.2) is 0 Å². The molecule has 4 heteroatoms. The minimum Gasteiger partial charge on any atom is -0.359 e. The van der Waals surface area contributed by atoms with Crippen molar-refractivity contribution in [1.29, 1.82) is 0 Å². The van der Waals surface area contributed by atoms with Gasteiger partial charge in [-0.15, -0.1) is 6.58 Å². The van der Waals surface area contributed by atoms with Crippen LogP contribution in [0.15, 0.2) is 12.7 Å². The van der Waals surface area contributed by atoms with Gasteiger partial charge in [-0.2, -0.15) is 11.8 Å². The van der Waals surface area contributed by atoms with Crippen molar-refractivity contribution in [3.8, 4) is 0 Å². The van der Waals surface area contributed by atoms with Crippen LogP contribution in [0.3, 0.4) is 0 Å². The van der Waals surface area contributed by atoms with E-state index >= 15 is 0 Å². The summed E-state index contributed by atoms with van der Waals surface area (Å²) < 4.78 is 0. The average Bonchev–Trinajstić information content (AvgIpc) is 2.16. The molecular weight excluding hydrogens is 184 g/mol. The zero-order valence-electron chi connectivity index (χ0n) is 8.14. The maximum absolute atomic E-state index is 10.8. The first-order chi connectivity index (χ1) is 6.31. The molecule has 0 heterocycles. The van der Waals surface area contributed by atoms with Gasteiger partial charge in [-0.3, -0.25) is 4.79 Å². The molecule has 0 aliphatic rings. The van der Waals surface area contributed by atoms with E-state index in [2.05, 4.69) is 17.2 Å². The fourth-order valence-corrected chi connectivity index (χ4v) is 1.38. The van der Waals surface area contributed by atoms with Crippen molar-refractivity contribution in [3.63, 3.8) is 0 Å². The monoisotopic (exact) mass is 202 g/mol. The summed E-state index contributed by atoms with van der Waals surface area (Å²) in [7, 11) is 1.66. The lowest BCUT2D eigenvalue weighted by molar-refractivity contribution is -0.120. The summed E-state index contributed by atoms with van der Waals surface area (Å²) in [5.41, 5.74) is 0. The summed E-state index contributed by atoms with van der Waals surface area (Å²) in [6, 6.07) is 0. The fourth-order valence-electron chi connectivity index (χ4n) is 0.763. The first-order valence-electron chi connectivity index (χ1n) is 4.41. The Labute approximate surface area is 84.4 Å². The average molecular weight is 202 g/mol. The number of amides is 1. The van der Waals surface area contributed by atoms with Crippen LogP contribution in [-0.4, -0.2) is 37.6 Å². The van der Waals surface area contributed by atoms with Crippen molar-refractivity contribution in [2.45, 2.75) is 6.42 Å². The van der Waals surface area contributed by atoms with Crippen LogP contribution in [-0.2, 0) is 4.79 Å². The minimum absolute atomic E-state index is 0.0891. The Morgan fingerprint density at radius 2 is 2.31 bits per heavy atom. The molecule has 0 unspecified atom stereocenters. The van der Waals surface area contributed by atoms with Crippen LogP contribution in [0.5, 0.6) is 0 Å². The van der Waals surface area contributed by atoms with Gasteiger partial charge in [-0.05, 0) is 0 Å². The van der Waals surface area contributed by atoms with Crippen LogP contribution in [0.4, 0.5) is 0 Å². The number of nitrogens with one attached hydrogen (secondary N) is 2. The molecule has 76 valence electrons. The number of carbonyl (C=O) groups excluding carboxylic acids is 1. The van der Waals surface area contributed by atoms with E-state index in [9.17, 15) is 4.79 Å². The molecule has 0 fully saturated rings. The molecule has 0 aliphatic carbocycles. The highest BCUT2D eigenvalue weighted by molar-refractivity contribution is 7.99. The third-order valence-corrected chi connectivity index (χ3v) is 2.43. The topological polar surface area (TPSA) is 41.1 Å². The number of rotatable bonds is 8. The Kier molecular flexibility index (Phi) is 9.25. The van der Waals surface area contributed by atoms with E-state index < -0.39 is 0 Å². The van der Waals surface area contributed by atoms with Gasteiger partial charge in [0, 0.05) is 38.1 Å². The van der Waals surface area contributed by atoms with Crippen LogP contribution in [0.2, 0.25) is 0 Å². The highest BCUT2D eigenvalue weighted by Crippen LogP contribution is 1.96. The Morgan fingerprint density at radius 1 is 1.54 bits per heavy atom. The highest BCUT2D eigenvalue weighted by atomic mass is 32.2. The highest BCUT2D eigenvalue weighted by Gasteiger charge is 1.95. The molecule has 0 atom stereocenters. The van der Waals surface area contributed by atoms with Gasteiger partial charge in [0.25, 0.3) is 0 Å². The zero-order valence-corrected chi connectivity index (χ0v) is 8.95. The van der Waals surface area contributed by atoms with E-state index in [0.717, 1.165) is 24.6 Å². The van der Waals surface area contributed by atoms with Crippen LogP contribution in [0.1, 0.15) is 6.42 Å². The fraction of sp³-hybridized carbons (Fsp3) is 0.667. The predicted molar refractivity (Wildman–Crippen MR) is 59.1 cm³/mol. The molecule has 0 rings (SSSR count). The van der Waals surface area contributed by atoms with Gasteiger partial charge in [0.15, 0.2) is 0 Å². The van der Waals surface area contributed by atoms with Crippen LogP contribution >= 0.6 is 11.8 Å². The molecule has 0 saturated carbocycles. The van der Waals surface area contributed by atoms with Crippen molar-refractivity contribution < 1.29 is 4.79 Å². The Balaban J connectivity index is 2.99. The first-order valence-corrected chi connectivity index (χ1v) is 5.56. The number of hydrogen-bond acceptors (Lipinski definition) is 3. The second-order valence-electron chi connectivity index (χ2n) is 2.54. The largest absolute Gasteiger partial charge is 0.359 e. The maximum Gasteiger partial charge on any atom is 0.221 e. The molecule has 2 N–H and O–H groups in total. The summed E-state index contributed by atoms with van der Waals surface area (Å²) >= 11 is 1.84. The first kappa shape index (κ1) is 12.5. The molecule has 13 heavy (non-hydrogen) atoms. The molecule has 3 nitrogen and oxygen atoms in total. The standard InChI is InChI=1S/C9H18N2OS/c1-3-7-13-8-6-11-5-4-9(12)10-2/h3,11H,1,4-8H2,2H3,(H,10,12). The third-order valence-electron chi connectivity index (χ3n) is 1.47. The third kappa shape index (κ3) is 9.43. The minimum atomic E-state index is 0.0891. The Morgan fingerprint density at radius 3 is 2.92 bits per heavy atom. The summed E-state index contributed by atoms with van der Waals surface area (Å²) in [5.74, 6) is 2.16. The molecule has 0 aromatic heterocycles. The lowest BCUT2D eigenvalue weighted by Crippen LogP contribution is -2.26. The van der Waals surface area contributed by atoms with Gasteiger partial charge < -0.3 is 10.6 Å². The maximum atomic E-state index is 10.8. The van der Waals surface area contributed by atoms with Crippen LogP contribution in [0, 0.1) is 0 Å². The van der Waals surface area contributed by atoms with E-state index in [4.69, 9.17) is 0 Å². The van der Waals surface area contributed by atoms with Gasteiger partial charge in [0.2, 0.25) is 5.91 Å². The number of carbonyl (C=O) groups is 1. The van der Waals surface area contributed by atoms with E-state index in [1.165, 1.54) is 0 Å². The van der Waals surface area contributed by atoms with Crippen LogP contribution < -0.4 is 10.6 Å². The molecule has 0 aromatic carbocycles. The molecule has 0 bridgehead atoms. The SMILES string of the molecule is C=CCSCCNCCC(=O)NC. The molecule has 0 spiro atoms. The second-order valence-corrected chi connectivity index (χ2v) is 3.69. The van der Waals surface area contributed by atoms with Gasteiger partial charge in [-0.1, -0.05) is 6.08 Å². The zero-order chi connectivity index (χ0) is 9.94. The van der Waals surface area contributed by atoms with Crippen molar-refractivity contribution in [3.05, 3.63) is 12.7 Å². The normalized spacial score (nSPS) is 9.62. The predicted octanol–water partition coefficient (Wildman–Crippen LogP) is 0.631. The van der Waals surface area contributed by atoms with E-state index in [1.54, 1.807) is 7.05 Å². The smallest absolute Gasteiger partial charge is 0.221 e. The summed E-state index contributed by atoms with van der Waals surface area (Å²) in [4.78, 5) is 10.8. The quantitative estimate of drug-likeness (QED) is 0.448. The van der Waals surface area contributed by atoms with E-state index in [1.807, 2.05) is 17.8 Å². The second kappa shape index (κ2) is 9.61. The molecule has 0 radical (unpaired) electrons. The van der Waals surface area contributed by atoms with Gasteiger partial charge in [0.1, 0.15) is 0 Å². The lowest BCUT2D eigenvalue weighted by atomic mass is 10.4. The van der Waals surface area contributed by atoms with Gasteiger partial charge in [0.05, 0.1) is 0 Å². The van der Waals surface area contributed by atoms with Crippen LogP contribution in [0.25, 0.3) is 0 Å². The lowest BCUT2D eigenvalue weighted by Gasteiger charge is -2.02. The van der Waals surface area contributed by atoms with E-state index in [0.29, 0.717) is 6.42 Å². The summed E-state index contributed by atoms with van der Waals surface area (Å²) in [5, 5.41) is 5.77. The molecule has 0 aliphatic heterocycles. The van der Waals surface area contributed by atoms with Crippen molar-refractivity contribution >= 4 is 17.7 Å². The van der Waals surface area contributed by atoms with Crippen molar-refractivity contribution in [2.75, 3.05) is 31.6 Å². The molecule has 0 saturated heterocycles. The van der Waals surface area contributed by atoms with Gasteiger partial charge >= 0.3 is 0 Å². The number of hydrogen-bond donors (Lipinski definition) is 2. The Bertz CT molecular complexity index is 151. The molecule has 0 aromatic rings. The van der Waals surface area contributed by atoms with E-state index in [-0.39, 0.29) is 5.91 Å². The molecule has 1 amide bonds. The van der Waals surface area contributed by atoms with Crippen molar-refractivity contribution in [1.82, 2.24) is 10.6 Å². The Hall–Kier alpha value is -0.480. The molecular formula is C9H18N2OS. The summed E-state index contributed by atoms with van der Waals surface area (Å²) in [6.07, 6.45) is 2.46. The number of thioether (sulfide) groups is 1.